The molecule has 9 heteroatoms. The van der Waals surface area contributed by atoms with Crippen LogP contribution in [0.2, 0.25) is 0 Å². The molecule has 1 unspecified atom stereocenters. The van der Waals surface area contributed by atoms with E-state index < -0.39 is 12.3 Å². The third kappa shape index (κ3) is 3.81. The molecule has 0 spiro atoms. The molecule has 0 saturated carbocycles. The Morgan fingerprint density at radius 2 is 2.04 bits per heavy atom. The summed E-state index contributed by atoms with van der Waals surface area (Å²) in [4.78, 5) is 13.9. The number of halogens is 3. The highest BCUT2D eigenvalue weighted by molar-refractivity contribution is 5.51. The predicted octanol–water partition coefficient (Wildman–Crippen LogP) is 3.05. The highest BCUT2D eigenvalue weighted by atomic mass is 19.4. The topological polar surface area (TPSA) is 60.4 Å². The van der Waals surface area contributed by atoms with Gasteiger partial charge in [-0.2, -0.15) is 13.2 Å². The predicted molar refractivity (Wildman–Crippen MR) is 83.8 cm³/mol. The van der Waals surface area contributed by atoms with Gasteiger partial charge < -0.3 is 14.4 Å². The van der Waals surface area contributed by atoms with E-state index in [1.807, 2.05) is 0 Å². The van der Waals surface area contributed by atoms with E-state index in [1.54, 1.807) is 37.1 Å². The maximum atomic E-state index is 12.9. The van der Waals surface area contributed by atoms with Crippen molar-refractivity contribution in [2.24, 2.45) is 0 Å². The Morgan fingerprint density at radius 1 is 1.24 bits per heavy atom. The Balaban J connectivity index is 1.85. The highest BCUT2D eigenvalue weighted by Crippen LogP contribution is 2.32. The molecule has 0 aliphatic carbocycles. The molecule has 1 aliphatic rings. The summed E-state index contributed by atoms with van der Waals surface area (Å²) in [6, 6.07) is 3.48. The molecule has 25 heavy (non-hydrogen) atoms. The van der Waals surface area contributed by atoms with Crippen LogP contribution in [0.3, 0.4) is 0 Å². The second-order valence-corrected chi connectivity index (χ2v) is 5.66. The van der Waals surface area contributed by atoms with E-state index in [9.17, 15) is 13.2 Å². The smallest absolute Gasteiger partial charge is 0.416 e. The van der Waals surface area contributed by atoms with Gasteiger partial charge in [-0.3, -0.25) is 4.98 Å². The number of rotatable bonds is 3. The minimum atomic E-state index is -4.41. The van der Waals surface area contributed by atoms with Gasteiger partial charge in [0.2, 0.25) is 5.88 Å². The molecule has 1 atom stereocenters. The fourth-order valence-electron chi connectivity index (χ4n) is 2.57. The first-order valence-electron chi connectivity index (χ1n) is 7.70. The van der Waals surface area contributed by atoms with Gasteiger partial charge in [-0.1, -0.05) is 0 Å². The summed E-state index contributed by atoms with van der Waals surface area (Å²) < 4.78 is 49.4. The van der Waals surface area contributed by atoms with Crippen LogP contribution in [0.5, 0.6) is 11.6 Å². The van der Waals surface area contributed by atoms with Crippen LogP contribution >= 0.6 is 0 Å². The average molecular weight is 354 g/mol. The summed E-state index contributed by atoms with van der Waals surface area (Å²) >= 11 is 0. The third-order valence-electron chi connectivity index (χ3n) is 3.91. The van der Waals surface area contributed by atoms with Crippen molar-refractivity contribution in [3.8, 4) is 11.6 Å². The van der Waals surface area contributed by atoms with E-state index >= 15 is 0 Å². The standard InChI is InChI=1S/C16H17F3N4O2/c1-10-14(23-6-7-24-13(8-23)16(17,18)19)21-9-22-15(10)25-12-4-3-5-20-11(12)2/h3-5,9,13H,6-8H2,1-2H3. The van der Waals surface area contributed by atoms with Crippen LogP contribution in [-0.2, 0) is 4.74 Å². The van der Waals surface area contributed by atoms with Gasteiger partial charge in [-0.05, 0) is 26.0 Å². The van der Waals surface area contributed by atoms with Crippen molar-refractivity contribution in [3.63, 3.8) is 0 Å². The number of alkyl halides is 3. The first kappa shape index (κ1) is 17.4. The Labute approximate surface area is 142 Å². The SMILES string of the molecule is Cc1ncccc1Oc1ncnc(N2CCOC(C(F)(F)F)C2)c1C. The van der Waals surface area contributed by atoms with Crippen molar-refractivity contribution in [1.29, 1.82) is 0 Å². The third-order valence-corrected chi connectivity index (χ3v) is 3.91. The van der Waals surface area contributed by atoms with Crippen LogP contribution in [-0.4, -0.2) is 46.9 Å². The van der Waals surface area contributed by atoms with Gasteiger partial charge in [0.15, 0.2) is 11.9 Å². The molecule has 1 aliphatic heterocycles. The Hall–Kier alpha value is -2.42. The number of hydrogen-bond donors (Lipinski definition) is 0. The minimum Gasteiger partial charge on any atom is -0.437 e. The molecule has 1 fully saturated rings. The number of anilines is 1. The number of ether oxygens (including phenoxy) is 2. The summed E-state index contributed by atoms with van der Waals surface area (Å²) in [6.07, 6.45) is -3.32. The number of nitrogens with zero attached hydrogens (tertiary/aromatic N) is 4. The van der Waals surface area contributed by atoms with Crippen molar-refractivity contribution in [2.75, 3.05) is 24.6 Å². The van der Waals surface area contributed by atoms with Crippen molar-refractivity contribution >= 4 is 5.82 Å². The molecule has 1 saturated heterocycles. The molecule has 0 amide bonds. The quantitative estimate of drug-likeness (QED) is 0.844. The minimum absolute atomic E-state index is 0.0223. The number of hydrogen-bond acceptors (Lipinski definition) is 6. The highest BCUT2D eigenvalue weighted by Gasteiger charge is 2.43. The van der Waals surface area contributed by atoms with E-state index in [0.717, 1.165) is 0 Å². The Morgan fingerprint density at radius 3 is 2.76 bits per heavy atom. The van der Waals surface area contributed by atoms with Gasteiger partial charge in [-0.15, -0.1) is 0 Å². The molecule has 0 bridgehead atoms. The van der Waals surface area contributed by atoms with Crippen molar-refractivity contribution in [1.82, 2.24) is 15.0 Å². The van der Waals surface area contributed by atoms with E-state index in [1.165, 1.54) is 6.33 Å². The van der Waals surface area contributed by atoms with E-state index in [0.29, 0.717) is 29.4 Å². The summed E-state index contributed by atoms with van der Waals surface area (Å²) in [5.41, 5.74) is 1.25. The maximum absolute atomic E-state index is 12.9. The van der Waals surface area contributed by atoms with Crippen molar-refractivity contribution in [3.05, 3.63) is 35.9 Å². The molecule has 0 N–H and O–H groups in total. The largest absolute Gasteiger partial charge is 0.437 e. The van der Waals surface area contributed by atoms with Gasteiger partial charge in [-0.25, -0.2) is 9.97 Å². The first-order chi connectivity index (χ1) is 11.9. The molecule has 2 aromatic heterocycles. The van der Waals surface area contributed by atoms with Gasteiger partial charge in [0.1, 0.15) is 12.1 Å². The zero-order valence-corrected chi connectivity index (χ0v) is 13.7. The van der Waals surface area contributed by atoms with Crippen LogP contribution in [0.15, 0.2) is 24.7 Å². The van der Waals surface area contributed by atoms with Crippen molar-refractivity contribution < 1.29 is 22.6 Å². The summed E-state index contributed by atoms with van der Waals surface area (Å²) in [7, 11) is 0. The molecule has 3 rings (SSSR count). The van der Waals surface area contributed by atoms with Gasteiger partial charge >= 0.3 is 6.18 Å². The lowest BCUT2D eigenvalue weighted by Crippen LogP contribution is -2.49. The lowest BCUT2D eigenvalue weighted by Gasteiger charge is -2.35. The zero-order chi connectivity index (χ0) is 18.0. The second kappa shape index (κ2) is 6.83. The van der Waals surface area contributed by atoms with E-state index in [-0.39, 0.29) is 19.0 Å². The van der Waals surface area contributed by atoms with Gasteiger partial charge in [0, 0.05) is 12.7 Å². The first-order valence-corrected chi connectivity index (χ1v) is 7.70. The molecule has 0 aromatic carbocycles. The van der Waals surface area contributed by atoms with Gasteiger partial charge in [0.25, 0.3) is 0 Å². The summed E-state index contributed by atoms with van der Waals surface area (Å²) in [5, 5.41) is 0. The van der Waals surface area contributed by atoms with E-state index in [2.05, 4.69) is 15.0 Å². The Kier molecular flexibility index (Phi) is 4.76. The number of aryl methyl sites for hydroxylation is 1. The monoisotopic (exact) mass is 354 g/mol. The zero-order valence-electron chi connectivity index (χ0n) is 13.7. The maximum Gasteiger partial charge on any atom is 0.416 e. The lowest BCUT2D eigenvalue weighted by molar-refractivity contribution is -0.221. The molecular formula is C16H17F3N4O2. The van der Waals surface area contributed by atoms with E-state index in [4.69, 9.17) is 9.47 Å². The summed E-state index contributed by atoms with van der Waals surface area (Å²) in [5.74, 6) is 1.23. The molecule has 3 heterocycles. The lowest BCUT2D eigenvalue weighted by atomic mass is 10.2. The normalized spacial score (nSPS) is 18.3. The number of morpholine rings is 1. The summed E-state index contributed by atoms with van der Waals surface area (Å²) in [6.45, 7) is 3.49. The van der Waals surface area contributed by atoms with Crippen LogP contribution in [0.25, 0.3) is 0 Å². The molecule has 2 aromatic rings. The van der Waals surface area contributed by atoms with Crippen LogP contribution < -0.4 is 9.64 Å². The van der Waals surface area contributed by atoms with Crippen LogP contribution in [0.4, 0.5) is 19.0 Å². The van der Waals surface area contributed by atoms with Gasteiger partial charge in [0.05, 0.1) is 24.4 Å². The van der Waals surface area contributed by atoms with Crippen LogP contribution in [0.1, 0.15) is 11.3 Å². The van der Waals surface area contributed by atoms with Crippen molar-refractivity contribution in [2.45, 2.75) is 26.1 Å². The number of pyridine rings is 1. The number of aromatic nitrogens is 3. The fourth-order valence-corrected chi connectivity index (χ4v) is 2.57. The second-order valence-electron chi connectivity index (χ2n) is 5.66. The molecule has 0 radical (unpaired) electrons. The molecular weight excluding hydrogens is 337 g/mol. The molecule has 6 nitrogen and oxygen atoms in total. The van der Waals surface area contributed by atoms with Crippen LogP contribution in [0, 0.1) is 13.8 Å². The Bertz CT molecular complexity index is 754. The average Bonchev–Trinajstić information content (AvgIpc) is 2.58. The fraction of sp³-hybridized carbons (Fsp3) is 0.438. The molecule has 134 valence electrons.